The Kier molecular flexibility index (Phi) is 1.74. The van der Waals surface area contributed by atoms with Gasteiger partial charge in [-0.15, -0.1) is 0 Å². The number of carbonyl (C=O) groups excluding carboxylic acids is 1. The molecule has 0 amide bonds. The van der Waals surface area contributed by atoms with Crippen molar-refractivity contribution in [2.24, 2.45) is 11.8 Å². The third-order valence-corrected chi connectivity index (χ3v) is 2.04. The van der Waals surface area contributed by atoms with E-state index in [2.05, 4.69) is 18.6 Å². The third kappa shape index (κ3) is 1.07. The van der Waals surface area contributed by atoms with Crippen LogP contribution in [-0.4, -0.2) is 12.6 Å². The Labute approximate surface area is 55.2 Å². The van der Waals surface area contributed by atoms with Crippen LogP contribution in [0.5, 0.6) is 0 Å². The van der Waals surface area contributed by atoms with Gasteiger partial charge in [0.2, 0.25) is 0 Å². The number of carbonyl (C=O) groups is 1. The van der Waals surface area contributed by atoms with Gasteiger partial charge in [-0.25, -0.2) is 0 Å². The minimum absolute atomic E-state index is 0.00986. The highest BCUT2D eigenvalue weighted by atomic mass is 16.6. The van der Waals surface area contributed by atoms with E-state index in [0.29, 0.717) is 12.5 Å². The lowest BCUT2D eigenvalue weighted by Crippen LogP contribution is -2.38. The van der Waals surface area contributed by atoms with E-state index in [0.717, 1.165) is 6.42 Å². The molecule has 0 aliphatic carbocycles. The Morgan fingerprint density at radius 2 is 2.56 bits per heavy atom. The molecule has 2 atom stereocenters. The Hall–Kier alpha value is -0.530. The predicted octanol–water partition coefficient (Wildman–Crippen LogP) is 1.21. The molecule has 0 aromatic rings. The van der Waals surface area contributed by atoms with Crippen LogP contribution in [0.2, 0.25) is 0 Å². The van der Waals surface area contributed by atoms with Crippen LogP contribution in [0.1, 0.15) is 20.3 Å². The minimum Gasteiger partial charge on any atom is -0.464 e. The third-order valence-electron chi connectivity index (χ3n) is 2.04. The Morgan fingerprint density at radius 1 is 1.89 bits per heavy atom. The van der Waals surface area contributed by atoms with Crippen molar-refractivity contribution in [3.8, 4) is 0 Å². The second kappa shape index (κ2) is 2.38. The van der Waals surface area contributed by atoms with Crippen molar-refractivity contribution in [3.63, 3.8) is 0 Å². The highest BCUT2D eigenvalue weighted by Gasteiger charge is 2.34. The summed E-state index contributed by atoms with van der Waals surface area (Å²) in [6, 6.07) is 0. The van der Waals surface area contributed by atoms with Crippen molar-refractivity contribution < 1.29 is 9.53 Å². The molecule has 0 saturated carbocycles. The summed E-state index contributed by atoms with van der Waals surface area (Å²) in [7, 11) is 0. The van der Waals surface area contributed by atoms with Crippen LogP contribution in [0.25, 0.3) is 0 Å². The van der Waals surface area contributed by atoms with Crippen LogP contribution in [-0.2, 0) is 9.53 Å². The second-order valence-corrected chi connectivity index (χ2v) is 2.62. The van der Waals surface area contributed by atoms with Crippen LogP contribution >= 0.6 is 0 Å². The number of hydrogen-bond donors (Lipinski definition) is 0. The molecule has 0 bridgehead atoms. The molecule has 1 rings (SSSR count). The van der Waals surface area contributed by atoms with E-state index in [1.165, 1.54) is 0 Å². The molecule has 2 nitrogen and oxygen atoms in total. The molecule has 1 heterocycles. The molecule has 1 aliphatic heterocycles. The molecule has 0 spiro atoms. The predicted molar refractivity (Wildman–Crippen MR) is 33.9 cm³/mol. The minimum atomic E-state index is -0.00986. The Morgan fingerprint density at radius 3 is 2.67 bits per heavy atom. The Bertz CT molecular complexity index is 120. The van der Waals surface area contributed by atoms with E-state index in [1.54, 1.807) is 0 Å². The van der Waals surface area contributed by atoms with Crippen LogP contribution in [0.4, 0.5) is 0 Å². The van der Waals surface area contributed by atoms with Gasteiger partial charge in [0.1, 0.15) is 6.61 Å². The summed E-state index contributed by atoms with van der Waals surface area (Å²) < 4.78 is 4.63. The van der Waals surface area contributed by atoms with E-state index < -0.39 is 0 Å². The molecule has 1 aliphatic rings. The van der Waals surface area contributed by atoms with E-state index in [9.17, 15) is 4.79 Å². The summed E-state index contributed by atoms with van der Waals surface area (Å²) in [5.74, 6) is 0.700. The maximum absolute atomic E-state index is 10.6. The molecule has 0 N–H and O–H groups in total. The standard InChI is InChI=1S/C7H12O2/c1-3-5(2)6-4-9-7(6)8/h5-6H,3-4H2,1-2H3. The average Bonchev–Trinajstić information content (AvgIpc) is 1.84. The van der Waals surface area contributed by atoms with Gasteiger partial charge < -0.3 is 4.74 Å². The lowest BCUT2D eigenvalue weighted by Gasteiger charge is -2.28. The monoisotopic (exact) mass is 128 g/mol. The molecule has 1 saturated heterocycles. The van der Waals surface area contributed by atoms with Gasteiger partial charge in [0, 0.05) is 0 Å². The summed E-state index contributed by atoms with van der Waals surface area (Å²) in [6.45, 7) is 4.83. The van der Waals surface area contributed by atoms with Crippen LogP contribution < -0.4 is 0 Å². The fraction of sp³-hybridized carbons (Fsp3) is 0.857. The molecular formula is C7H12O2. The fourth-order valence-electron chi connectivity index (χ4n) is 0.929. The first-order chi connectivity index (χ1) is 4.25. The van der Waals surface area contributed by atoms with Gasteiger partial charge in [-0.05, 0) is 5.92 Å². The summed E-state index contributed by atoms with van der Waals surface area (Å²) in [5, 5.41) is 0. The van der Waals surface area contributed by atoms with Crippen molar-refractivity contribution in [2.45, 2.75) is 20.3 Å². The molecule has 0 aromatic carbocycles. The van der Waals surface area contributed by atoms with E-state index in [4.69, 9.17) is 0 Å². The average molecular weight is 128 g/mol. The molecule has 52 valence electrons. The zero-order valence-electron chi connectivity index (χ0n) is 5.89. The van der Waals surface area contributed by atoms with Gasteiger partial charge in [-0.2, -0.15) is 0 Å². The number of esters is 1. The number of rotatable bonds is 2. The van der Waals surface area contributed by atoms with Crippen molar-refractivity contribution >= 4 is 5.97 Å². The molecule has 0 radical (unpaired) electrons. The van der Waals surface area contributed by atoms with Gasteiger partial charge in [0.15, 0.2) is 0 Å². The molecule has 0 aromatic heterocycles. The highest BCUT2D eigenvalue weighted by Crippen LogP contribution is 2.23. The van der Waals surface area contributed by atoms with Gasteiger partial charge in [0.05, 0.1) is 5.92 Å². The maximum atomic E-state index is 10.6. The van der Waals surface area contributed by atoms with Crippen LogP contribution in [0.15, 0.2) is 0 Å². The van der Waals surface area contributed by atoms with Gasteiger partial charge in [-0.3, -0.25) is 4.79 Å². The van der Waals surface area contributed by atoms with Crippen LogP contribution in [0.3, 0.4) is 0 Å². The summed E-state index contributed by atoms with van der Waals surface area (Å²) >= 11 is 0. The van der Waals surface area contributed by atoms with Gasteiger partial charge in [-0.1, -0.05) is 20.3 Å². The number of ether oxygens (including phenoxy) is 1. The van der Waals surface area contributed by atoms with E-state index in [1.807, 2.05) is 0 Å². The second-order valence-electron chi connectivity index (χ2n) is 2.62. The lowest BCUT2D eigenvalue weighted by molar-refractivity contribution is -0.172. The molecule has 1 fully saturated rings. The summed E-state index contributed by atoms with van der Waals surface area (Å²) in [6.07, 6.45) is 1.07. The first-order valence-electron chi connectivity index (χ1n) is 3.42. The highest BCUT2D eigenvalue weighted by molar-refractivity contribution is 5.77. The fourth-order valence-corrected chi connectivity index (χ4v) is 0.929. The van der Waals surface area contributed by atoms with Gasteiger partial charge >= 0.3 is 5.97 Å². The van der Waals surface area contributed by atoms with Crippen molar-refractivity contribution in [1.29, 1.82) is 0 Å². The normalized spacial score (nSPS) is 28.7. The SMILES string of the molecule is CCC(C)C1COC1=O. The number of cyclic esters (lactones) is 1. The first kappa shape index (κ1) is 6.59. The van der Waals surface area contributed by atoms with Crippen molar-refractivity contribution in [1.82, 2.24) is 0 Å². The van der Waals surface area contributed by atoms with Crippen LogP contribution in [0, 0.1) is 11.8 Å². The topological polar surface area (TPSA) is 26.3 Å². The summed E-state index contributed by atoms with van der Waals surface area (Å²) in [5.41, 5.74) is 0. The maximum Gasteiger partial charge on any atom is 0.312 e. The summed E-state index contributed by atoms with van der Waals surface area (Å²) in [4.78, 5) is 10.6. The molecule has 2 heteroatoms. The van der Waals surface area contributed by atoms with Crippen molar-refractivity contribution in [3.05, 3.63) is 0 Å². The molecule has 9 heavy (non-hydrogen) atoms. The lowest BCUT2D eigenvalue weighted by atomic mass is 9.90. The van der Waals surface area contributed by atoms with Crippen molar-refractivity contribution in [2.75, 3.05) is 6.61 Å². The largest absolute Gasteiger partial charge is 0.464 e. The first-order valence-corrected chi connectivity index (χ1v) is 3.42. The molecular weight excluding hydrogens is 116 g/mol. The zero-order valence-corrected chi connectivity index (χ0v) is 5.89. The number of hydrogen-bond acceptors (Lipinski definition) is 2. The van der Waals surface area contributed by atoms with E-state index >= 15 is 0 Å². The Balaban J connectivity index is 2.34. The smallest absolute Gasteiger partial charge is 0.312 e. The zero-order chi connectivity index (χ0) is 6.85. The van der Waals surface area contributed by atoms with Gasteiger partial charge in [0.25, 0.3) is 0 Å². The quantitative estimate of drug-likeness (QED) is 0.522. The van der Waals surface area contributed by atoms with E-state index in [-0.39, 0.29) is 11.9 Å². The molecule has 2 unspecified atom stereocenters.